The van der Waals surface area contributed by atoms with Crippen LogP contribution in [0.3, 0.4) is 0 Å². The van der Waals surface area contributed by atoms with Crippen molar-refractivity contribution in [2.75, 3.05) is 0 Å². The van der Waals surface area contributed by atoms with E-state index < -0.39 is 5.41 Å². The first-order chi connectivity index (χ1) is 10.0. The quantitative estimate of drug-likeness (QED) is 0.470. The third kappa shape index (κ3) is 5.93. The van der Waals surface area contributed by atoms with Crippen molar-refractivity contribution >= 4 is 28.9 Å². The van der Waals surface area contributed by atoms with E-state index in [4.69, 9.17) is 0 Å². The number of carbonyl (C=O) groups excluding carboxylic acids is 3. The minimum absolute atomic E-state index is 0.000833. The summed E-state index contributed by atoms with van der Waals surface area (Å²) in [6.45, 7) is 3.58. The third-order valence-electron chi connectivity index (χ3n) is 4.36. The van der Waals surface area contributed by atoms with Gasteiger partial charge in [0.1, 0.15) is 12.1 Å². The van der Waals surface area contributed by atoms with Crippen molar-refractivity contribution in [3.8, 4) is 0 Å². The summed E-state index contributed by atoms with van der Waals surface area (Å²) in [4.78, 5) is 35.6. The highest BCUT2D eigenvalue weighted by atomic mass is 32.2. The van der Waals surface area contributed by atoms with Gasteiger partial charge in [-0.15, -0.1) is 0 Å². The van der Waals surface area contributed by atoms with Gasteiger partial charge in [0, 0.05) is 11.7 Å². The van der Waals surface area contributed by atoms with E-state index >= 15 is 0 Å². The molecule has 0 radical (unpaired) electrons. The second-order valence-corrected chi connectivity index (χ2v) is 7.52. The van der Waals surface area contributed by atoms with Gasteiger partial charge in [-0.05, 0) is 32.6 Å². The van der Waals surface area contributed by atoms with Crippen LogP contribution in [0.15, 0.2) is 0 Å². The minimum Gasteiger partial charge on any atom is -0.302 e. The second-order valence-electron chi connectivity index (χ2n) is 6.24. The molecular formula is C17H28O3S. The van der Waals surface area contributed by atoms with E-state index in [1.165, 1.54) is 37.9 Å². The number of thioether (sulfide) groups is 1. The van der Waals surface area contributed by atoms with E-state index in [0.717, 1.165) is 32.0 Å². The zero-order valence-electron chi connectivity index (χ0n) is 13.4. The van der Waals surface area contributed by atoms with Crippen LogP contribution in [0.2, 0.25) is 0 Å². The molecule has 0 aromatic rings. The number of aldehydes is 1. The Balaban J connectivity index is 2.73. The maximum Gasteiger partial charge on any atom is 0.202 e. The van der Waals surface area contributed by atoms with Crippen LogP contribution in [0.1, 0.15) is 78.1 Å². The van der Waals surface area contributed by atoms with Gasteiger partial charge in [0.25, 0.3) is 0 Å². The van der Waals surface area contributed by atoms with E-state index in [-0.39, 0.29) is 10.9 Å². The molecule has 0 unspecified atom stereocenters. The van der Waals surface area contributed by atoms with Crippen LogP contribution < -0.4 is 0 Å². The molecule has 1 rings (SSSR count). The van der Waals surface area contributed by atoms with Crippen molar-refractivity contribution in [2.45, 2.75) is 83.3 Å². The fourth-order valence-corrected chi connectivity index (χ4v) is 4.20. The normalized spacial score (nSPS) is 19.0. The Labute approximate surface area is 132 Å². The maximum atomic E-state index is 12.7. The number of hydrogen-bond acceptors (Lipinski definition) is 4. The fraction of sp³-hybridized carbons (Fsp3) is 0.824. The summed E-state index contributed by atoms with van der Waals surface area (Å²) in [7, 11) is 0. The molecule has 21 heavy (non-hydrogen) atoms. The summed E-state index contributed by atoms with van der Waals surface area (Å²) >= 11 is 1.37. The molecule has 0 N–H and O–H groups in total. The van der Waals surface area contributed by atoms with Gasteiger partial charge in [0.2, 0.25) is 5.12 Å². The molecular weight excluding hydrogens is 284 g/mol. The van der Waals surface area contributed by atoms with Crippen LogP contribution in [0.5, 0.6) is 0 Å². The highest BCUT2D eigenvalue weighted by molar-refractivity contribution is 8.14. The molecule has 0 aliphatic heterocycles. The lowest BCUT2D eigenvalue weighted by Crippen LogP contribution is -2.33. The van der Waals surface area contributed by atoms with E-state index in [2.05, 4.69) is 6.92 Å². The zero-order valence-corrected chi connectivity index (χ0v) is 14.2. The number of ketones is 1. The fourth-order valence-electron chi connectivity index (χ4n) is 2.84. The average Bonchev–Trinajstić information content (AvgIpc) is 2.48. The van der Waals surface area contributed by atoms with Crippen LogP contribution >= 0.6 is 11.8 Å². The van der Waals surface area contributed by atoms with E-state index in [1.54, 1.807) is 0 Å². The molecule has 0 amide bonds. The van der Waals surface area contributed by atoms with Crippen molar-refractivity contribution in [3.05, 3.63) is 0 Å². The first kappa shape index (κ1) is 18.4. The van der Waals surface area contributed by atoms with Crippen LogP contribution in [0.4, 0.5) is 0 Å². The van der Waals surface area contributed by atoms with E-state index in [1.807, 2.05) is 0 Å². The zero-order chi connectivity index (χ0) is 15.7. The summed E-state index contributed by atoms with van der Waals surface area (Å²) in [6, 6.07) is 0. The molecule has 0 aromatic heterocycles. The molecule has 1 fully saturated rings. The molecule has 1 saturated carbocycles. The number of carbonyl (C=O) groups is 3. The summed E-state index contributed by atoms with van der Waals surface area (Å²) in [5, 5.41) is 0.364. The molecule has 0 saturated heterocycles. The van der Waals surface area contributed by atoms with Gasteiger partial charge in [-0.1, -0.05) is 50.8 Å². The lowest BCUT2D eigenvalue weighted by molar-refractivity contribution is -0.130. The Bertz CT molecular complexity index is 361. The number of unbranched alkanes of at least 4 members (excludes halogenated alkanes) is 1. The maximum absolute atomic E-state index is 12.7. The van der Waals surface area contributed by atoms with Gasteiger partial charge < -0.3 is 9.59 Å². The lowest BCUT2D eigenvalue weighted by atomic mass is 9.80. The van der Waals surface area contributed by atoms with Gasteiger partial charge in [0.05, 0.1) is 5.41 Å². The topological polar surface area (TPSA) is 51.2 Å². The average molecular weight is 312 g/mol. The van der Waals surface area contributed by atoms with Gasteiger partial charge >= 0.3 is 0 Å². The molecule has 0 spiro atoms. The van der Waals surface area contributed by atoms with Crippen molar-refractivity contribution in [3.63, 3.8) is 0 Å². The molecule has 1 aliphatic rings. The third-order valence-corrected chi connectivity index (χ3v) is 5.78. The second kappa shape index (κ2) is 9.39. The van der Waals surface area contributed by atoms with E-state index in [9.17, 15) is 14.4 Å². The largest absolute Gasteiger partial charge is 0.302 e. The molecule has 1 aliphatic carbocycles. The van der Waals surface area contributed by atoms with Gasteiger partial charge in [-0.2, -0.15) is 0 Å². The summed E-state index contributed by atoms with van der Waals surface area (Å²) < 4.78 is 0. The lowest BCUT2D eigenvalue weighted by Gasteiger charge is -2.29. The SMILES string of the molecule is CCCC[C@@](C=O)(CCC(C)=O)C(=O)SC1CCCCC1. The van der Waals surface area contributed by atoms with Crippen LogP contribution in [-0.2, 0) is 14.4 Å². The van der Waals surface area contributed by atoms with Crippen LogP contribution in [-0.4, -0.2) is 22.4 Å². The molecule has 1 atom stereocenters. The predicted octanol–water partition coefficient (Wildman–Crippen LogP) is 4.32. The van der Waals surface area contributed by atoms with Gasteiger partial charge in [-0.3, -0.25) is 4.79 Å². The Hall–Kier alpha value is -0.640. The van der Waals surface area contributed by atoms with Gasteiger partial charge in [-0.25, -0.2) is 0 Å². The van der Waals surface area contributed by atoms with Gasteiger partial charge in [0.15, 0.2) is 0 Å². The predicted molar refractivity (Wildman–Crippen MR) is 87.4 cm³/mol. The molecule has 3 nitrogen and oxygen atoms in total. The highest BCUT2D eigenvalue weighted by Crippen LogP contribution is 2.38. The molecule has 0 bridgehead atoms. The smallest absolute Gasteiger partial charge is 0.202 e. The molecule has 120 valence electrons. The molecule has 0 heterocycles. The number of Topliss-reactive ketones (excluding diaryl/α,β-unsaturated/α-hetero) is 1. The number of rotatable bonds is 9. The van der Waals surface area contributed by atoms with Crippen LogP contribution in [0.25, 0.3) is 0 Å². The first-order valence-corrected chi connectivity index (χ1v) is 9.09. The minimum atomic E-state index is -0.941. The standard InChI is InChI=1S/C17H28O3S/c1-3-4-11-17(13-18,12-10-14(2)19)16(20)21-15-8-6-5-7-9-15/h13,15H,3-12H2,1-2H3/t17-/m0/s1. The Kier molecular flexibility index (Phi) is 8.23. The van der Waals surface area contributed by atoms with Crippen molar-refractivity contribution in [2.24, 2.45) is 5.41 Å². The summed E-state index contributed by atoms with van der Waals surface area (Å²) in [5.41, 5.74) is -0.941. The molecule has 4 heteroatoms. The Morgan fingerprint density at radius 2 is 1.86 bits per heavy atom. The van der Waals surface area contributed by atoms with Crippen molar-refractivity contribution in [1.82, 2.24) is 0 Å². The Morgan fingerprint density at radius 3 is 2.38 bits per heavy atom. The van der Waals surface area contributed by atoms with Crippen molar-refractivity contribution in [1.29, 1.82) is 0 Å². The summed E-state index contributed by atoms with van der Waals surface area (Å²) in [5.74, 6) is 0.0492. The van der Waals surface area contributed by atoms with E-state index in [0.29, 0.717) is 24.5 Å². The first-order valence-electron chi connectivity index (χ1n) is 8.21. The number of hydrogen-bond donors (Lipinski definition) is 0. The Morgan fingerprint density at radius 1 is 1.19 bits per heavy atom. The molecule has 0 aromatic carbocycles. The highest BCUT2D eigenvalue weighted by Gasteiger charge is 2.39. The summed E-state index contributed by atoms with van der Waals surface area (Å²) in [6.07, 6.45) is 9.68. The van der Waals surface area contributed by atoms with Crippen molar-refractivity contribution < 1.29 is 14.4 Å². The van der Waals surface area contributed by atoms with Crippen LogP contribution in [0, 0.1) is 5.41 Å². The monoisotopic (exact) mass is 312 g/mol.